The van der Waals surface area contributed by atoms with Crippen molar-refractivity contribution in [1.29, 1.82) is 0 Å². The third-order valence-corrected chi connectivity index (χ3v) is 9.49. The minimum atomic E-state index is -0.529. The zero-order valence-corrected chi connectivity index (χ0v) is 28.1. The first kappa shape index (κ1) is 35.3. The van der Waals surface area contributed by atoms with Crippen LogP contribution >= 0.6 is 0 Å². The number of carbonyl (C=O) groups is 3. The number of nitrogens with zero attached hydrogens (tertiary/aromatic N) is 1. The smallest absolute Gasteiger partial charge is 0.407 e. The highest BCUT2D eigenvalue weighted by atomic mass is 19.1. The van der Waals surface area contributed by atoms with Gasteiger partial charge >= 0.3 is 12.1 Å². The molecule has 4 N–H and O–H groups in total. The summed E-state index contributed by atoms with van der Waals surface area (Å²) in [5.74, 6) is 0.814. The highest BCUT2D eigenvalue weighted by Crippen LogP contribution is 2.57. The lowest BCUT2D eigenvalue weighted by molar-refractivity contribution is -0.132. The van der Waals surface area contributed by atoms with E-state index in [4.69, 9.17) is 18.9 Å². The van der Waals surface area contributed by atoms with Crippen molar-refractivity contribution in [3.8, 4) is 0 Å². The molecule has 0 radical (unpaired) electrons. The van der Waals surface area contributed by atoms with Gasteiger partial charge in [0.15, 0.2) is 0 Å². The molecular weight excluding hydrogens is 609 g/mol. The van der Waals surface area contributed by atoms with E-state index in [0.29, 0.717) is 77.7 Å². The molecule has 5 aliphatic rings. The van der Waals surface area contributed by atoms with Crippen molar-refractivity contribution in [3.63, 3.8) is 0 Å². The first-order valence-electron chi connectivity index (χ1n) is 17.0. The summed E-state index contributed by atoms with van der Waals surface area (Å²) in [5, 5.41) is 12.5. The molecule has 0 saturated heterocycles. The molecule has 2 unspecified atom stereocenters. The van der Waals surface area contributed by atoms with E-state index in [1.54, 1.807) is 11.0 Å². The van der Waals surface area contributed by atoms with Crippen molar-refractivity contribution in [1.82, 2.24) is 26.2 Å². The summed E-state index contributed by atoms with van der Waals surface area (Å²) in [6.45, 7) is 9.78. The van der Waals surface area contributed by atoms with Gasteiger partial charge in [-0.05, 0) is 94.4 Å². The maximum atomic E-state index is 13.6. The predicted octanol–water partition coefficient (Wildman–Crippen LogP) is 3.22. The second-order valence-corrected chi connectivity index (χ2v) is 14.7. The fourth-order valence-corrected chi connectivity index (χ4v) is 8.13. The molecule has 0 spiro atoms. The Labute approximate surface area is 277 Å². The van der Waals surface area contributed by atoms with Crippen LogP contribution in [0.25, 0.3) is 0 Å². The molecule has 4 aliphatic carbocycles. The van der Waals surface area contributed by atoms with Gasteiger partial charge in [0.1, 0.15) is 11.4 Å². The molecule has 1 heterocycles. The number of rotatable bonds is 16. The van der Waals surface area contributed by atoms with E-state index in [2.05, 4.69) is 21.3 Å². The Balaban J connectivity index is 0.923. The van der Waals surface area contributed by atoms with Crippen molar-refractivity contribution in [2.75, 3.05) is 59.3 Å². The van der Waals surface area contributed by atoms with Crippen LogP contribution < -0.4 is 21.3 Å². The minimum Gasteiger partial charge on any atom is -0.444 e. The molecule has 13 heteroatoms. The first-order chi connectivity index (χ1) is 22.4. The molecule has 4 amide bonds. The molecule has 4 bridgehead atoms. The van der Waals surface area contributed by atoms with Gasteiger partial charge in [0.05, 0.1) is 46.2 Å². The molecule has 1 aliphatic heterocycles. The van der Waals surface area contributed by atoms with Crippen LogP contribution in [0.5, 0.6) is 0 Å². The Morgan fingerprint density at radius 3 is 2.11 bits per heavy atom. The average molecular weight is 662 g/mol. The molecule has 0 aromatic heterocycles. The number of nitrogens with one attached hydrogen (secondary N) is 4. The van der Waals surface area contributed by atoms with Crippen molar-refractivity contribution in [2.45, 2.75) is 89.1 Å². The molecular formula is C34H52FN5O7. The van der Waals surface area contributed by atoms with E-state index in [1.807, 2.05) is 20.8 Å². The third kappa shape index (κ3) is 10.2. The van der Waals surface area contributed by atoms with Crippen LogP contribution in [-0.4, -0.2) is 98.9 Å². The van der Waals surface area contributed by atoms with Crippen LogP contribution in [0.3, 0.4) is 0 Å². The van der Waals surface area contributed by atoms with Gasteiger partial charge in [0.25, 0.3) is 0 Å². The molecule has 47 heavy (non-hydrogen) atoms. The average Bonchev–Trinajstić information content (AvgIpc) is 3.40. The Bertz CT molecular complexity index is 1240. The van der Waals surface area contributed by atoms with Gasteiger partial charge in [-0.1, -0.05) is 6.07 Å². The van der Waals surface area contributed by atoms with Crippen LogP contribution in [0, 0.1) is 17.7 Å². The van der Waals surface area contributed by atoms with E-state index < -0.39 is 11.7 Å². The normalized spacial score (nSPS) is 25.8. The van der Waals surface area contributed by atoms with Gasteiger partial charge in [-0.3, -0.25) is 4.79 Å². The van der Waals surface area contributed by atoms with Crippen LogP contribution in [0.4, 0.5) is 14.0 Å². The largest absolute Gasteiger partial charge is 0.444 e. The summed E-state index contributed by atoms with van der Waals surface area (Å²) in [4.78, 5) is 39.4. The van der Waals surface area contributed by atoms with E-state index in [1.165, 1.54) is 18.6 Å². The number of hydrogen-bond donors (Lipinski definition) is 4. The van der Waals surface area contributed by atoms with Crippen molar-refractivity contribution >= 4 is 18.0 Å². The molecule has 1 aromatic rings. The number of halogens is 1. The van der Waals surface area contributed by atoms with Crippen molar-refractivity contribution < 1.29 is 37.7 Å². The number of alkyl carbamates (subject to hydrolysis) is 1. The number of hydrogen-bond acceptors (Lipinski definition) is 8. The first-order valence-corrected chi connectivity index (χ1v) is 17.0. The van der Waals surface area contributed by atoms with Crippen LogP contribution in [0.15, 0.2) is 18.2 Å². The van der Waals surface area contributed by atoms with Gasteiger partial charge in [0.2, 0.25) is 5.91 Å². The van der Waals surface area contributed by atoms with E-state index >= 15 is 0 Å². The molecule has 2 atom stereocenters. The lowest BCUT2D eigenvalue weighted by atomic mass is 9.50. The number of carbonyl (C=O) groups excluding carboxylic acids is 3. The summed E-state index contributed by atoms with van der Waals surface area (Å²) >= 11 is 0. The van der Waals surface area contributed by atoms with Crippen molar-refractivity contribution in [3.05, 3.63) is 35.1 Å². The standard InChI is InChI=1S/C34H52FN5O7/c1-32(2,3)47-31(43)37-7-9-45-11-13-46-12-10-44-8-6-36-30(42)39-34-18-24-14-25(19-34)17-33(16-24,23-34)38-20-29(41)40-21-26-4-5-28(35)15-27(26)22-40/h4-5,15,24-25,38H,6-14,16-23H2,1-3H3,(H,37,43)(H2,36,39,42). The summed E-state index contributed by atoms with van der Waals surface area (Å²) in [6.07, 6.45) is 5.53. The lowest BCUT2D eigenvalue weighted by Gasteiger charge is -2.62. The van der Waals surface area contributed by atoms with Gasteiger partial charge in [-0.15, -0.1) is 0 Å². The zero-order valence-electron chi connectivity index (χ0n) is 28.1. The van der Waals surface area contributed by atoms with Crippen LogP contribution in [-0.2, 0) is 36.8 Å². The number of fused-ring (bicyclic) bond motifs is 1. The molecule has 6 rings (SSSR count). The number of ether oxygens (including phenoxy) is 4. The molecule has 4 fully saturated rings. The fraction of sp³-hybridized carbons (Fsp3) is 0.735. The fourth-order valence-electron chi connectivity index (χ4n) is 8.13. The molecule has 262 valence electrons. The van der Waals surface area contributed by atoms with E-state index in [-0.39, 0.29) is 35.4 Å². The van der Waals surface area contributed by atoms with Crippen LogP contribution in [0.1, 0.15) is 70.4 Å². The van der Waals surface area contributed by atoms with Gasteiger partial charge in [-0.25, -0.2) is 14.0 Å². The quantitative estimate of drug-likeness (QED) is 0.198. The maximum Gasteiger partial charge on any atom is 0.407 e. The van der Waals surface area contributed by atoms with Crippen molar-refractivity contribution in [2.24, 2.45) is 11.8 Å². The van der Waals surface area contributed by atoms with Gasteiger partial charge < -0.3 is 45.1 Å². The Hall–Kier alpha value is -3.00. The van der Waals surface area contributed by atoms with Gasteiger partial charge in [-0.2, -0.15) is 0 Å². The lowest BCUT2D eigenvalue weighted by Crippen LogP contribution is -2.70. The summed E-state index contributed by atoms with van der Waals surface area (Å²) in [5.41, 5.74) is 0.932. The Morgan fingerprint density at radius 2 is 1.45 bits per heavy atom. The monoisotopic (exact) mass is 661 g/mol. The minimum absolute atomic E-state index is 0.0283. The second kappa shape index (κ2) is 15.5. The highest BCUT2D eigenvalue weighted by molar-refractivity contribution is 5.79. The number of amides is 4. The highest BCUT2D eigenvalue weighted by Gasteiger charge is 2.58. The van der Waals surface area contributed by atoms with E-state index in [9.17, 15) is 18.8 Å². The Morgan fingerprint density at radius 1 is 0.851 bits per heavy atom. The third-order valence-electron chi connectivity index (χ3n) is 9.49. The molecule has 12 nitrogen and oxygen atoms in total. The van der Waals surface area contributed by atoms with E-state index in [0.717, 1.165) is 43.2 Å². The van der Waals surface area contributed by atoms with Gasteiger partial charge in [0, 0.05) is 37.3 Å². The second-order valence-electron chi connectivity index (χ2n) is 14.7. The van der Waals surface area contributed by atoms with Crippen LogP contribution in [0.2, 0.25) is 0 Å². The Kier molecular flexibility index (Phi) is 11.6. The molecule has 1 aromatic carbocycles. The summed E-state index contributed by atoms with van der Waals surface area (Å²) in [6, 6.07) is 4.56. The SMILES string of the molecule is CC(C)(C)OC(=O)NCCOCCOCCOCCNC(=O)NC12CC3CC(CC(NCC(=O)N4Cc5ccc(F)cc5C4)(C3)C1)C2. The summed E-state index contributed by atoms with van der Waals surface area (Å²) < 4.78 is 35.3. The summed E-state index contributed by atoms with van der Waals surface area (Å²) in [7, 11) is 0. The number of benzene rings is 1. The number of urea groups is 1. The molecule has 4 saturated carbocycles. The topological polar surface area (TPSA) is 139 Å². The maximum absolute atomic E-state index is 13.6. The zero-order chi connectivity index (χ0) is 33.5. The predicted molar refractivity (Wildman–Crippen MR) is 172 cm³/mol.